The molecule has 2 atom stereocenters. The second-order valence-electron chi connectivity index (χ2n) is 7.23. The van der Waals surface area contributed by atoms with Crippen molar-refractivity contribution in [1.82, 2.24) is 5.32 Å². The highest BCUT2D eigenvalue weighted by Crippen LogP contribution is 2.25. The molecule has 0 unspecified atom stereocenters. The first kappa shape index (κ1) is 22.2. The number of halogens is 1. The Hall–Kier alpha value is -2.05. The van der Waals surface area contributed by atoms with E-state index in [0.717, 1.165) is 27.3 Å². The van der Waals surface area contributed by atoms with Crippen LogP contribution in [0.2, 0.25) is 5.02 Å². The number of carbonyl (C=O) groups excluding carboxylic acids is 1. The molecule has 0 saturated heterocycles. The van der Waals surface area contributed by atoms with Crippen LogP contribution in [0.25, 0.3) is 0 Å². The SMILES string of the molecule is Cc1cc(C)c([C@@H](C)NC(=O)[C@@H](C)N(c2ccc(Cl)cc2)S(C)(=O)=O)cc1C. The molecule has 0 spiro atoms. The Morgan fingerprint density at radius 2 is 1.54 bits per heavy atom. The lowest BCUT2D eigenvalue weighted by molar-refractivity contribution is -0.122. The maximum atomic E-state index is 12.9. The maximum absolute atomic E-state index is 12.9. The van der Waals surface area contributed by atoms with Crippen LogP contribution in [0.3, 0.4) is 0 Å². The van der Waals surface area contributed by atoms with Gasteiger partial charge in [-0.3, -0.25) is 9.10 Å². The Labute approximate surface area is 172 Å². The summed E-state index contributed by atoms with van der Waals surface area (Å²) in [6.07, 6.45) is 1.09. The van der Waals surface area contributed by atoms with Crippen LogP contribution in [0.1, 0.15) is 42.1 Å². The molecule has 0 aliphatic rings. The highest BCUT2D eigenvalue weighted by Gasteiger charge is 2.30. The molecule has 0 aromatic heterocycles. The van der Waals surface area contributed by atoms with Gasteiger partial charge < -0.3 is 5.32 Å². The van der Waals surface area contributed by atoms with Crippen LogP contribution in [-0.2, 0) is 14.8 Å². The molecule has 0 saturated carbocycles. The van der Waals surface area contributed by atoms with E-state index in [1.807, 2.05) is 27.7 Å². The summed E-state index contributed by atoms with van der Waals surface area (Å²) in [5.41, 5.74) is 4.83. The standard InChI is InChI=1S/C21H27ClN2O3S/c1-13-11-15(3)20(12-14(13)2)16(4)23-21(25)17(5)24(28(6,26)27)19-9-7-18(22)8-10-19/h7-12,16-17H,1-6H3,(H,23,25)/t16-,17-/m1/s1. The summed E-state index contributed by atoms with van der Waals surface area (Å²) in [6, 6.07) is 9.36. The van der Waals surface area contributed by atoms with Crippen molar-refractivity contribution >= 4 is 33.2 Å². The first-order valence-electron chi connectivity index (χ1n) is 9.05. The second kappa shape index (κ2) is 8.53. The molecular formula is C21H27ClN2O3S. The van der Waals surface area contributed by atoms with Crippen LogP contribution < -0.4 is 9.62 Å². The summed E-state index contributed by atoms with van der Waals surface area (Å²) in [5.74, 6) is -0.370. The van der Waals surface area contributed by atoms with E-state index in [2.05, 4.69) is 17.4 Å². The smallest absolute Gasteiger partial charge is 0.244 e. The van der Waals surface area contributed by atoms with Crippen LogP contribution in [0, 0.1) is 20.8 Å². The van der Waals surface area contributed by atoms with Crippen LogP contribution in [-0.4, -0.2) is 26.6 Å². The molecule has 0 fully saturated rings. The van der Waals surface area contributed by atoms with Gasteiger partial charge in [0.25, 0.3) is 0 Å². The molecule has 0 bridgehead atoms. The van der Waals surface area contributed by atoms with Crippen LogP contribution >= 0.6 is 11.6 Å². The first-order chi connectivity index (χ1) is 12.9. The van der Waals surface area contributed by atoms with E-state index >= 15 is 0 Å². The average Bonchev–Trinajstić information content (AvgIpc) is 2.58. The minimum absolute atomic E-state index is 0.249. The Morgan fingerprint density at radius 1 is 1.00 bits per heavy atom. The molecule has 2 aromatic rings. The first-order valence-corrected chi connectivity index (χ1v) is 11.3. The molecular weight excluding hydrogens is 396 g/mol. The van der Waals surface area contributed by atoms with Gasteiger partial charge in [-0.25, -0.2) is 8.42 Å². The summed E-state index contributed by atoms with van der Waals surface area (Å²) in [5, 5.41) is 3.44. The van der Waals surface area contributed by atoms with Crippen molar-refractivity contribution < 1.29 is 13.2 Å². The second-order valence-corrected chi connectivity index (χ2v) is 9.53. The van der Waals surface area contributed by atoms with E-state index in [9.17, 15) is 13.2 Å². The normalized spacial score (nSPS) is 13.7. The van der Waals surface area contributed by atoms with Crippen molar-refractivity contribution in [2.75, 3.05) is 10.6 Å². The molecule has 0 aliphatic heterocycles. The number of hydrogen-bond donors (Lipinski definition) is 1. The van der Waals surface area contributed by atoms with Gasteiger partial charge in [-0.05, 0) is 81.1 Å². The molecule has 2 rings (SSSR count). The Morgan fingerprint density at radius 3 is 2.07 bits per heavy atom. The quantitative estimate of drug-likeness (QED) is 0.754. The van der Waals surface area contributed by atoms with E-state index in [-0.39, 0.29) is 11.9 Å². The zero-order chi connectivity index (χ0) is 21.2. The van der Waals surface area contributed by atoms with Crippen LogP contribution in [0.4, 0.5) is 5.69 Å². The van der Waals surface area contributed by atoms with Crippen LogP contribution in [0.15, 0.2) is 36.4 Å². The largest absolute Gasteiger partial charge is 0.348 e. The van der Waals surface area contributed by atoms with Crippen molar-refractivity contribution in [3.05, 3.63) is 63.7 Å². The molecule has 0 radical (unpaired) electrons. The van der Waals surface area contributed by atoms with Gasteiger partial charge in [-0.1, -0.05) is 23.7 Å². The van der Waals surface area contributed by atoms with Gasteiger partial charge in [-0.2, -0.15) is 0 Å². The van der Waals surface area contributed by atoms with E-state index < -0.39 is 16.1 Å². The minimum atomic E-state index is -3.67. The van der Waals surface area contributed by atoms with E-state index in [0.29, 0.717) is 10.7 Å². The third kappa shape index (κ3) is 5.06. The van der Waals surface area contributed by atoms with Crippen molar-refractivity contribution in [3.63, 3.8) is 0 Å². The summed E-state index contributed by atoms with van der Waals surface area (Å²) >= 11 is 5.90. The van der Waals surface area contributed by atoms with E-state index in [1.165, 1.54) is 5.56 Å². The van der Waals surface area contributed by atoms with Crippen LogP contribution in [0.5, 0.6) is 0 Å². The number of carbonyl (C=O) groups is 1. The summed E-state index contributed by atoms with van der Waals surface area (Å²) in [7, 11) is -3.67. The number of amides is 1. The molecule has 152 valence electrons. The average molecular weight is 423 g/mol. The lowest BCUT2D eigenvalue weighted by Gasteiger charge is -2.29. The van der Waals surface area contributed by atoms with Crippen molar-refractivity contribution in [1.29, 1.82) is 0 Å². The third-order valence-corrected chi connectivity index (χ3v) is 6.37. The third-order valence-electron chi connectivity index (χ3n) is 4.88. The highest BCUT2D eigenvalue weighted by molar-refractivity contribution is 7.92. The predicted octanol–water partition coefficient (Wildman–Crippen LogP) is 4.30. The molecule has 7 heteroatoms. The van der Waals surface area contributed by atoms with Gasteiger partial charge in [0.2, 0.25) is 15.9 Å². The molecule has 5 nitrogen and oxygen atoms in total. The molecule has 28 heavy (non-hydrogen) atoms. The topological polar surface area (TPSA) is 66.5 Å². The highest BCUT2D eigenvalue weighted by atomic mass is 35.5. The zero-order valence-corrected chi connectivity index (χ0v) is 18.6. The van der Waals surface area contributed by atoms with Gasteiger partial charge in [0.1, 0.15) is 6.04 Å². The Kier molecular flexibility index (Phi) is 6.78. The maximum Gasteiger partial charge on any atom is 0.244 e. The fraction of sp³-hybridized carbons (Fsp3) is 0.381. The number of sulfonamides is 1. The fourth-order valence-electron chi connectivity index (χ4n) is 3.26. The summed E-state index contributed by atoms with van der Waals surface area (Å²) in [6.45, 7) is 9.55. The summed E-state index contributed by atoms with van der Waals surface area (Å²) < 4.78 is 25.8. The molecule has 0 heterocycles. The van der Waals surface area contributed by atoms with Gasteiger partial charge in [-0.15, -0.1) is 0 Å². The number of anilines is 1. The Bertz CT molecular complexity index is 972. The van der Waals surface area contributed by atoms with Gasteiger partial charge >= 0.3 is 0 Å². The number of nitrogens with zero attached hydrogens (tertiary/aromatic N) is 1. The lowest BCUT2D eigenvalue weighted by atomic mass is 9.96. The van der Waals surface area contributed by atoms with E-state index in [4.69, 9.17) is 11.6 Å². The van der Waals surface area contributed by atoms with Crippen molar-refractivity contribution in [2.45, 2.75) is 46.7 Å². The van der Waals surface area contributed by atoms with Gasteiger partial charge in [0, 0.05) is 5.02 Å². The van der Waals surface area contributed by atoms with Crippen molar-refractivity contribution in [3.8, 4) is 0 Å². The molecule has 1 amide bonds. The molecule has 2 aromatic carbocycles. The van der Waals surface area contributed by atoms with Gasteiger partial charge in [0.15, 0.2) is 0 Å². The minimum Gasteiger partial charge on any atom is -0.348 e. The molecule has 1 N–H and O–H groups in total. The monoisotopic (exact) mass is 422 g/mol. The number of benzene rings is 2. The molecule has 0 aliphatic carbocycles. The number of rotatable bonds is 6. The fourth-order valence-corrected chi connectivity index (χ4v) is 4.56. The summed E-state index contributed by atoms with van der Waals surface area (Å²) in [4.78, 5) is 12.9. The van der Waals surface area contributed by atoms with Crippen molar-refractivity contribution in [2.24, 2.45) is 0 Å². The zero-order valence-electron chi connectivity index (χ0n) is 17.1. The number of aryl methyl sites for hydroxylation is 3. The van der Waals surface area contributed by atoms with Gasteiger partial charge in [0.05, 0.1) is 18.0 Å². The van der Waals surface area contributed by atoms with E-state index in [1.54, 1.807) is 31.2 Å². The number of nitrogens with one attached hydrogen (secondary N) is 1. The Balaban J connectivity index is 2.28. The number of hydrogen-bond acceptors (Lipinski definition) is 3. The predicted molar refractivity (Wildman–Crippen MR) is 115 cm³/mol. The lowest BCUT2D eigenvalue weighted by Crippen LogP contribution is -2.48.